The molecule has 352 valence electrons. The Bertz CT molecular complexity index is 1840. The number of hydrogen-bond acceptors (Lipinski definition) is 7. The van der Waals surface area contributed by atoms with E-state index in [2.05, 4.69) is 68.2 Å². The van der Waals surface area contributed by atoms with Gasteiger partial charge < -0.3 is 25.6 Å². The van der Waals surface area contributed by atoms with Crippen LogP contribution < -0.4 is 10.6 Å². The van der Waals surface area contributed by atoms with Gasteiger partial charge in [0, 0.05) is 25.9 Å². The first kappa shape index (κ1) is 44.8. The highest BCUT2D eigenvalue weighted by Gasteiger charge is 2.65. The van der Waals surface area contributed by atoms with Gasteiger partial charge in [0.15, 0.2) is 0 Å². The fourth-order valence-corrected chi connectivity index (χ4v) is 19.2. The van der Waals surface area contributed by atoms with Crippen molar-refractivity contribution in [1.29, 1.82) is 0 Å². The van der Waals surface area contributed by atoms with Crippen molar-refractivity contribution in [2.45, 2.75) is 201 Å². The summed E-state index contributed by atoms with van der Waals surface area (Å²) in [6, 6.07) is 0.310. The minimum absolute atomic E-state index is 0.0902. The van der Waals surface area contributed by atoms with Gasteiger partial charge in [-0.05, 0) is 208 Å². The van der Waals surface area contributed by atoms with E-state index in [0.29, 0.717) is 110 Å². The zero-order chi connectivity index (χ0) is 44.1. The number of carbonyl (C=O) groups is 2. The standard InChI is InChI=1S/C53H85N5O5/c1-31-7-13-46(61)54-23-24-55-47(62)14-8-32(2)39-10-12-41-49-43(18-22-53(39,41)6)51(4)20-16-37(26-34(51)28-45(49)60)63-30-35-29-58(57-56-35)36-15-19-50(3)33(25-36)27-44(59)48-40-11-9-38(31)52(40,5)21-17-42(48)50/h29,31-34,36-45,48-49,59-60H,7-28,30H2,1-6H3,(H,54,61)(H,55,62)/t31-,32-,33+,34+,36-,37-,38-,39-,40+,41+,42+,43+,44+,45+,48+,49+,50+,51+,52-,53-/m1/s1. The molecular weight excluding hydrogens is 787 g/mol. The van der Waals surface area contributed by atoms with E-state index in [1.165, 1.54) is 64.2 Å². The van der Waals surface area contributed by atoms with Gasteiger partial charge in [0.05, 0.1) is 37.2 Å². The van der Waals surface area contributed by atoms with E-state index >= 15 is 0 Å². The molecule has 0 saturated heterocycles. The maximum atomic E-state index is 13.1. The lowest BCUT2D eigenvalue weighted by Gasteiger charge is -2.62. The van der Waals surface area contributed by atoms with Gasteiger partial charge in [0.1, 0.15) is 5.69 Å². The molecule has 20 atom stereocenters. The summed E-state index contributed by atoms with van der Waals surface area (Å²) >= 11 is 0. The molecule has 0 unspecified atom stereocenters. The number of ether oxygens (including phenoxy) is 1. The van der Waals surface area contributed by atoms with E-state index in [1.54, 1.807) is 0 Å². The fourth-order valence-electron chi connectivity index (χ4n) is 19.2. The number of rotatable bonds is 0. The van der Waals surface area contributed by atoms with Gasteiger partial charge in [-0.1, -0.05) is 46.8 Å². The Morgan fingerprint density at radius 2 is 1.08 bits per heavy atom. The summed E-state index contributed by atoms with van der Waals surface area (Å²) in [4.78, 5) is 26.2. The second-order valence-electron chi connectivity index (χ2n) is 25.1. The van der Waals surface area contributed by atoms with Gasteiger partial charge in [-0.3, -0.25) is 9.59 Å². The van der Waals surface area contributed by atoms with Crippen LogP contribution in [0.3, 0.4) is 0 Å². The van der Waals surface area contributed by atoms with Crippen molar-refractivity contribution in [3.8, 4) is 0 Å². The molecule has 2 amide bonds. The van der Waals surface area contributed by atoms with Crippen LogP contribution in [0, 0.1) is 92.7 Å². The average Bonchev–Trinajstić information content (AvgIpc) is 3.98. The summed E-state index contributed by atoms with van der Waals surface area (Å²) in [7, 11) is 0. The number of aliphatic hydroxyl groups is 2. The summed E-state index contributed by atoms with van der Waals surface area (Å²) in [5.74, 6) is 6.16. The van der Waals surface area contributed by atoms with Crippen LogP contribution in [0.15, 0.2) is 6.20 Å². The smallest absolute Gasteiger partial charge is 0.220 e. The van der Waals surface area contributed by atoms with E-state index < -0.39 is 0 Å². The van der Waals surface area contributed by atoms with Crippen molar-refractivity contribution >= 4 is 11.8 Å². The van der Waals surface area contributed by atoms with Gasteiger partial charge in [-0.2, -0.15) is 0 Å². The molecule has 4 N–H and O–H groups in total. The van der Waals surface area contributed by atoms with Gasteiger partial charge in [0.2, 0.25) is 11.8 Å². The first-order chi connectivity index (χ1) is 30.1. The lowest BCUT2D eigenvalue weighted by molar-refractivity contribution is -0.179. The van der Waals surface area contributed by atoms with Crippen LogP contribution in [0.25, 0.3) is 0 Å². The zero-order valence-electron chi connectivity index (χ0n) is 40.0. The molecule has 14 aliphatic rings. The van der Waals surface area contributed by atoms with E-state index in [1.807, 2.05) is 0 Å². The minimum atomic E-state index is -0.255. The number of aliphatic hydroxyl groups excluding tert-OH is 2. The van der Waals surface area contributed by atoms with Gasteiger partial charge >= 0.3 is 0 Å². The van der Waals surface area contributed by atoms with Gasteiger partial charge in [-0.15, -0.1) is 5.10 Å². The molecule has 15 rings (SSSR count). The third-order valence-corrected chi connectivity index (χ3v) is 22.6. The number of hydrogen-bond donors (Lipinski definition) is 4. The molecule has 7 heterocycles. The normalized spacial score (nSPS) is 51.8. The van der Waals surface area contributed by atoms with E-state index in [0.717, 1.165) is 57.1 Å². The van der Waals surface area contributed by atoms with Crippen LogP contribution in [0.4, 0.5) is 0 Å². The maximum Gasteiger partial charge on any atom is 0.220 e. The van der Waals surface area contributed by atoms with Crippen LogP contribution in [-0.2, 0) is 20.9 Å². The quantitative estimate of drug-likeness (QED) is 0.204. The van der Waals surface area contributed by atoms with Crippen LogP contribution in [0.2, 0.25) is 0 Å². The van der Waals surface area contributed by atoms with Crippen molar-refractivity contribution in [3.05, 3.63) is 11.9 Å². The lowest BCUT2D eigenvalue weighted by atomic mass is 9.43. The molecule has 1 aromatic heterocycles. The molecule has 0 spiro atoms. The third kappa shape index (κ3) is 7.59. The van der Waals surface area contributed by atoms with Gasteiger partial charge in [0.25, 0.3) is 0 Å². The van der Waals surface area contributed by atoms with Crippen LogP contribution >= 0.6 is 0 Å². The predicted octanol–water partition coefficient (Wildman–Crippen LogP) is 9.04. The maximum absolute atomic E-state index is 13.1. The number of nitrogens with one attached hydrogen (secondary N) is 2. The van der Waals surface area contributed by atoms with Crippen LogP contribution in [-0.4, -0.2) is 68.4 Å². The average molecular weight is 872 g/mol. The second kappa shape index (κ2) is 16.9. The Morgan fingerprint density at radius 1 is 0.603 bits per heavy atom. The van der Waals surface area contributed by atoms with Crippen molar-refractivity contribution in [3.63, 3.8) is 0 Å². The van der Waals surface area contributed by atoms with Crippen molar-refractivity contribution in [1.82, 2.24) is 25.6 Å². The molecule has 8 fully saturated rings. The Balaban J connectivity index is 0.847. The summed E-state index contributed by atoms with van der Waals surface area (Å²) in [5.41, 5.74) is 1.83. The highest BCUT2D eigenvalue weighted by atomic mass is 16.5. The Labute approximate surface area is 379 Å². The fraction of sp³-hybridized carbons (Fsp3) is 0.925. The highest BCUT2D eigenvalue weighted by Crippen LogP contribution is 2.70. The number of aromatic nitrogens is 3. The zero-order valence-corrected chi connectivity index (χ0v) is 40.0. The largest absolute Gasteiger partial charge is 0.393 e. The SMILES string of the molecule is C[C@@H]1CCC(=O)NCCNC(=O)CC[C@@H](C)[C@H]2CC[C@H]3[C@@H]4[C@@H](O)C[C@@H]5C[C@@H](CC[C@]5(C)[C@H]4CC[C@]23C)n2cc(nn2)CO[C@@H]2CC[C@@]3(C)[C@@H](C2)C[C@H](O)[C@@H]2[C@@H]3CC[C@]3(C)[C@@H]1CC[C@@H]23. The van der Waals surface area contributed by atoms with Crippen molar-refractivity contribution < 1.29 is 24.5 Å². The first-order valence-corrected chi connectivity index (χ1v) is 26.5. The molecule has 10 heteroatoms. The van der Waals surface area contributed by atoms with Gasteiger partial charge in [-0.25, -0.2) is 4.68 Å². The minimum Gasteiger partial charge on any atom is -0.393 e. The van der Waals surface area contributed by atoms with Crippen molar-refractivity contribution in [2.75, 3.05) is 13.1 Å². The summed E-state index contributed by atoms with van der Waals surface area (Å²) in [6.45, 7) is 16.4. The number of carbonyl (C=O) groups excluding carboxylic acids is 2. The van der Waals surface area contributed by atoms with E-state index in [4.69, 9.17) is 9.95 Å². The third-order valence-electron chi connectivity index (χ3n) is 22.6. The molecule has 1 aromatic rings. The molecule has 63 heavy (non-hydrogen) atoms. The summed E-state index contributed by atoms with van der Waals surface area (Å²) < 4.78 is 8.85. The van der Waals surface area contributed by atoms with E-state index in [9.17, 15) is 19.8 Å². The Kier molecular flexibility index (Phi) is 12.0. The molecule has 18 bridgehead atoms. The molecule has 8 saturated carbocycles. The van der Waals surface area contributed by atoms with Crippen LogP contribution in [0.5, 0.6) is 0 Å². The molecule has 6 aliphatic heterocycles. The molecular formula is C53H85N5O5. The van der Waals surface area contributed by atoms with E-state index in [-0.39, 0.29) is 51.8 Å². The molecule has 0 aromatic carbocycles. The summed E-state index contributed by atoms with van der Waals surface area (Å²) in [5, 5.41) is 39.8. The topological polar surface area (TPSA) is 139 Å². The number of amides is 2. The number of nitrogens with zero attached hydrogens (tertiary/aromatic N) is 3. The Morgan fingerprint density at radius 3 is 1.63 bits per heavy atom. The first-order valence-electron chi connectivity index (χ1n) is 26.5. The highest BCUT2D eigenvalue weighted by molar-refractivity contribution is 5.77. The molecule has 10 nitrogen and oxygen atoms in total. The molecule has 0 radical (unpaired) electrons. The van der Waals surface area contributed by atoms with Crippen LogP contribution in [0.1, 0.15) is 182 Å². The second-order valence-corrected chi connectivity index (χ2v) is 25.1. The lowest BCUT2D eigenvalue weighted by Crippen LogP contribution is -2.58. The predicted molar refractivity (Wildman–Crippen MR) is 244 cm³/mol. The summed E-state index contributed by atoms with van der Waals surface area (Å²) in [6.07, 6.45) is 22.7. The molecule has 8 aliphatic carbocycles. The Hall–Kier alpha value is -2.04. The van der Waals surface area contributed by atoms with Crippen molar-refractivity contribution in [2.24, 2.45) is 92.7 Å². The monoisotopic (exact) mass is 872 g/mol.